The lowest BCUT2D eigenvalue weighted by Crippen LogP contribution is -2.04. The number of para-hydroxylation sites is 1. The summed E-state index contributed by atoms with van der Waals surface area (Å²) < 4.78 is 12.2. The van der Waals surface area contributed by atoms with Gasteiger partial charge in [-0.05, 0) is 37.6 Å². The van der Waals surface area contributed by atoms with Gasteiger partial charge in [0, 0.05) is 6.20 Å². The van der Waals surface area contributed by atoms with Crippen LogP contribution in [0.5, 0.6) is 5.75 Å². The highest BCUT2D eigenvalue weighted by atomic mass is 16.5. The fourth-order valence-electron chi connectivity index (χ4n) is 2.54. The Morgan fingerprint density at radius 3 is 2.77 bits per heavy atom. The Hall–Kier alpha value is -3.22. The lowest BCUT2D eigenvalue weighted by molar-refractivity contribution is -0.139. The summed E-state index contributed by atoms with van der Waals surface area (Å²) in [6.07, 6.45) is 1.94. The van der Waals surface area contributed by atoms with Crippen LogP contribution in [0.25, 0.3) is 5.65 Å². The molecule has 0 aliphatic heterocycles. The number of carbonyl (C=O) groups is 1. The monoisotopic (exact) mass is 352 g/mol. The second-order valence-electron chi connectivity index (χ2n) is 5.67. The van der Waals surface area contributed by atoms with Crippen molar-refractivity contribution in [3.63, 3.8) is 0 Å². The van der Waals surface area contributed by atoms with E-state index >= 15 is 0 Å². The van der Waals surface area contributed by atoms with E-state index in [9.17, 15) is 4.79 Å². The highest BCUT2D eigenvalue weighted by Gasteiger charge is 2.16. The van der Waals surface area contributed by atoms with E-state index in [0.717, 1.165) is 5.56 Å². The first kappa shape index (κ1) is 17.6. The minimum Gasteiger partial charge on any atom is -0.492 e. The SMILES string of the molecule is CCOc1ccccc1N=Nc1c(CC(=O)OC)nc2ccc(C)cn12. The highest BCUT2D eigenvalue weighted by Crippen LogP contribution is 2.30. The molecule has 3 aromatic rings. The summed E-state index contributed by atoms with van der Waals surface area (Å²) in [6.45, 7) is 4.43. The van der Waals surface area contributed by atoms with Gasteiger partial charge in [0.2, 0.25) is 0 Å². The minimum atomic E-state index is -0.378. The van der Waals surface area contributed by atoms with Gasteiger partial charge in [-0.1, -0.05) is 18.2 Å². The Bertz CT molecular complexity index is 963. The number of hydrogen-bond acceptors (Lipinski definition) is 6. The number of azo groups is 1. The van der Waals surface area contributed by atoms with Crippen molar-refractivity contribution >= 4 is 23.1 Å². The third-order valence-electron chi connectivity index (χ3n) is 3.77. The van der Waals surface area contributed by atoms with Gasteiger partial charge < -0.3 is 9.47 Å². The zero-order chi connectivity index (χ0) is 18.5. The normalized spacial score (nSPS) is 11.2. The quantitative estimate of drug-likeness (QED) is 0.493. The lowest BCUT2D eigenvalue weighted by Gasteiger charge is -2.05. The number of pyridine rings is 1. The van der Waals surface area contributed by atoms with Gasteiger partial charge in [0.1, 0.15) is 17.1 Å². The molecule has 0 spiro atoms. The molecule has 7 heteroatoms. The van der Waals surface area contributed by atoms with E-state index < -0.39 is 0 Å². The maximum Gasteiger partial charge on any atom is 0.311 e. The molecule has 0 saturated heterocycles. The summed E-state index contributed by atoms with van der Waals surface area (Å²) in [4.78, 5) is 16.2. The number of methoxy groups -OCH3 is 1. The topological polar surface area (TPSA) is 77.5 Å². The summed E-state index contributed by atoms with van der Waals surface area (Å²) >= 11 is 0. The molecule has 0 fully saturated rings. The van der Waals surface area contributed by atoms with Crippen molar-refractivity contribution in [3.8, 4) is 5.75 Å². The number of aromatic nitrogens is 2. The number of carbonyl (C=O) groups excluding carboxylic acids is 1. The van der Waals surface area contributed by atoms with E-state index in [0.29, 0.717) is 35.2 Å². The number of nitrogens with zero attached hydrogens (tertiary/aromatic N) is 4. The molecule has 0 aliphatic rings. The molecular formula is C19H20N4O3. The van der Waals surface area contributed by atoms with Crippen molar-refractivity contribution in [2.24, 2.45) is 10.2 Å². The highest BCUT2D eigenvalue weighted by molar-refractivity contribution is 5.74. The molecule has 0 bridgehead atoms. The van der Waals surface area contributed by atoms with Crippen LogP contribution in [0.2, 0.25) is 0 Å². The third kappa shape index (κ3) is 3.72. The first-order valence-electron chi connectivity index (χ1n) is 8.30. The number of rotatable bonds is 6. The number of ether oxygens (including phenoxy) is 2. The predicted molar refractivity (Wildman–Crippen MR) is 97.4 cm³/mol. The van der Waals surface area contributed by atoms with Crippen LogP contribution in [0.1, 0.15) is 18.2 Å². The fourth-order valence-corrected chi connectivity index (χ4v) is 2.54. The van der Waals surface area contributed by atoms with Gasteiger partial charge in [0.05, 0.1) is 25.8 Å². The van der Waals surface area contributed by atoms with Gasteiger partial charge in [-0.25, -0.2) is 4.98 Å². The second kappa shape index (κ2) is 7.77. The standard InChI is InChI=1S/C19H20N4O3/c1-4-26-16-8-6-5-7-14(16)21-22-19-15(11-18(24)25-3)20-17-10-9-13(2)12-23(17)19/h5-10,12H,4,11H2,1-3H3. The molecule has 26 heavy (non-hydrogen) atoms. The molecule has 2 aromatic heterocycles. The number of fused-ring (bicyclic) bond motifs is 1. The number of benzene rings is 1. The van der Waals surface area contributed by atoms with E-state index in [1.54, 1.807) is 0 Å². The first-order valence-corrected chi connectivity index (χ1v) is 8.30. The van der Waals surface area contributed by atoms with Crippen LogP contribution in [0.3, 0.4) is 0 Å². The molecule has 7 nitrogen and oxygen atoms in total. The zero-order valence-corrected chi connectivity index (χ0v) is 15.0. The van der Waals surface area contributed by atoms with Crippen LogP contribution in [-0.2, 0) is 16.0 Å². The van der Waals surface area contributed by atoms with Crippen LogP contribution in [0.4, 0.5) is 11.5 Å². The summed E-state index contributed by atoms with van der Waals surface area (Å²) in [5.74, 6) is 0.773. The number of aryl methyl sites for hydroxylation is 1. The molecule has 2 heterocycles. The zero-order valence-electron chi connectivity index (χ0n) is 15.0. The predicted octanol–water partition coefficient (Wildman–Crippen LogP) is 4.17. The first-order chi connectivity index (χ1) is 12.6. The van der Waals surface area contributed by atoms with Crippen LogP contribution in [-0.4, -0.2) is 29.1 Å². The van der Waals surface area contributed by atoms with Crippen molar-refractivity contribution < 1.29 is 14.3 Å². The van der Waals surface area contributed by atoms with E-state index in [4.69, 9.17) is 9.47 Å². The van der Waals surface area contributed by atoms with Crippen molar-refractivity contribution in [2.45, 2.75) is 20.3 Å². The van der Waals surface area contributed by atoms with Crippen molar-refractivity contribution in [3.05, 3.63) is 53.9 Å². The summed E-state index contributed by atoms with van der Waals surface area (Å²) in [5.41, 5.74) is 2.87. The van der Waals surface area contributed by atoms with Crippen molar-refractivity contribution in [1.29, 1.82) is 0 Å². The smallest absolute Gasteiger partial charge is 0.311 e. The third-order valence-corrected chi connectivity index (χ3v) is 3.77. The molecule has 0 unspecified atom stereocenters. The maximum absolute atomic E-state index is 11.7. The molecule has 0 atom stereocenters. The van der Waals surface area contributed by atoms with Crippen molar-refractivity contribution in [1.82, 2.24) is 9.38 Å². The lowest BCUT2D eigenvalue weighted by atomic mass is 10.3. The van der Waals surface area contributed by atoms with Gasteiger partial charge in [-0.2, -0.15) is 0 Å². The molecule has 134 valence electrons. The molecule has 0 radical (unpaired) electrons. The molecule has 0 amide bonds. The van der Waals surface area contributed by atoms with Gasteiger partial charge >= 0.3 is 5.97 Å². The van der Waals surface area contributed by atoms with Crippen molar-refractivity contribution in [2.75, 3.05) is 13.7 Å². The fraction of sp³-hybridized carbons (Fsp3) is 0.263. The molecule has 0 N–H and O–H groups in total. The number of esters is 1. The van der Waals surface area contributed by atoms with E-state index in [-0.39, 0.29) is 12.4 Å². The Balaban J connectivity index is 2.06. The molecule has 1 aromatic carbocycles. The van der Waals surface area contributed by atoms with Gasteiger partial charge in [-0.15, -0.1) is 10.2 Å². The van der Waals surface area contributed by atoms with Gasteiger partial charge in [0.15, 0.2) is 5.82 Å². The number of imidazole rings is 1. The molecular weight excluding hydrogens is 332 g/mol. The average Bonchev–Trinajstić information content (AvgIpc) is 2.97. The molecule has 0 aliphatic carbocycles. The van der Waals surface area contributed by atoms with Crippen LogP contribution in [0.15, 0.2) is 52.8 Å². The summed E-state index contributed by atoms with van der Waals surface area (Å²) in [7, 11) is 1.35. The Labute approximate surface area is 151 Å². The summed E-state index contributed by atoms with van der Waals surface area (Å²) in [6, 6.07) is 11.2. The minimum absolute atomic E-state index is 0.0265. The Morgan fingerprint density at radius 1 is 1.19 bits per heavy atom. The molecule has 3 rings (SSSR count). The Kier molecular flexibility index (Phi) is 5.26. The summed E-state index contributed by atoms with van der Waals surface area (Å²) in [5, 5.41) is 8.70. The van der Waals surface area contributed by atoms with E-state index in [1.165, 1.54) is 7.11 Å². The van der Waals surface area contributed by atoms with Crippen LogP contribution in [0, 0.1) is 6.92 Å². The second-order valence-corrected chi connectivity index (χ2v) is 5.67. The largest absolute Gasteiger partial charge is 0.492 e. The van der Waals surface area contributed by atoms with Gasteiger partial charge in [-0.3, -0.25) is 9.20 Å². The van der Waals surface area contributed by atoms with E-state index in [1.807, 2.05) is 60.8 Å². The average molecular weight is 352 g/mol. The van der Waals surface area contributed by atoms with Gasteiger partial charge in [0.25, 0.3) is 0 Å². The van der Waals surface area contributed by atoms with Crippen LogP contribution < -0.4 is 4.74 Å². The Morgan fingerprint density at radius 2 is 2.00 bits per heavy atom. The van der Waals surface area contributed by atoms with Crippen LogP contribution >= 0.6 is 0 Å². The maximum atomic E-state index is 11.7. The van der Waals surface area contributed by atoms with E-state index in [2.05, 4.69) is 15.2 Å². The number of hydrogen-bond donors (Lipinski definition) is 0. The molecule has 0 saturated carbocycles.